The van der Waals surface area contributed by atoms with Crippen molar-refractivity contribution in [2.45, 2.75) is 40.2 Å². The molecule has 0 aliphatic heterocycles. The molecule has 0 aliphatic carbocycles. The molecular formula is C12H27N3O3S. The Labute approximate surface area is 116 Å². The van der Waals surface area contributed by atoms with Gasteiger partial charge in [-0.25, -0.2) is 12.7 Å². The van der Waals surface area contributed by atoms with Crippen LogP contribution in [0, 0.1) is 11.3 Å². The van der Waals surface area contributed by atoms with Gasteiger partial charge in [0.25, 0.3) is 0 Å². The van der Waals surface area contributed by atoms with Gasteiger partial charge in [0.15, 0.2) is 0 Å². The lowest BCUT2D eigenvalue weighted by Crippen LogP contribution is -2.39. The number of hydrogen-bond acceptors (Lipinski definition) is 4. The van der Waals surface area contributed by atoms with Crippen molar-refractivity contribution in [1.29, 1.82) is 5.41 Å². The molecule has 0 saturated heterocycles. The number of rotatable bonds is 10. The molecule has 0 radical (unpaired) electrons. The highest BCUT2D eigenvalue weighted by atomic mass is 32.2. The van der Waals surface area contributed by atoms with Crippen molar-refractivity contribution in [3.05, 3.63) is 0 Å². The third-order valence-electron chi connectivity index (χ3n) is 2.39. The zero-order valence-corrected chi connectivity index (χ0v) is 13.2. The Kier molecular flexibility index (Phi) is 8.20. The Morgan fingerprint density at radius 2 is 1.89 bits per heavy atom. The first-order valence-corrected chi connectivity index (χ1v) is 8.18. The first-order chi connectivity index (χ1) is 8.65. The molecule has 0 atom stereocenters. The molecule has 0 aliphatic rings. The van der Waals surface area contributed by atoms with Gasteiger partial charge in [-0.3, -0.25) is 5.41 Å². The van der Waals surface area contributed by atoms with E-state index in [9.17, 15) is 8.42 Å². The SMILES string of the molecule is CC(C)CN(CCC(=N)N)S(=O)(=O)CCOC(C)C. The first kappa shape index (κ1) is 18.3. The maximum Gasteiger partial charge on any atom is 0.216 e. The van der Waals surface area contributed by atoms with E-state index in [-0.39, 0.29) is 43.2 Å². The van der Waals surface area contributed by atoms with E-state index in [0.717, 1.165) is 0 Å². The van der Waals surface area contributed by atoms with E-state index < -0.39 is 10.0 Å². The summed E-state index contributed by atoms with van der Waals surface area (Å²) in [7, 11) is -3.35. The van der Waals surface area contributed by atoms with E-state index in [4.69, 9.17) is 15.9 Å². The number of sulfonamides is 1. The lowest BCUT2D eigenvalue weighted by molar-refractivity contribution is 0.0906. The van der Waals surface area contributed by atoms with E-state index >= 15 is 0 Å². The van der Waals surface area contributed by atoms with E-state index in [1.807, 2.05) is 27.7 Å². The quantitative estimate of drug-likeness (QED) is 0.464. The van der Waals surface area contributed by atoms with E-state index in [1.165, 1.54) is 4.31 Å². The minimum Gasteiger partial charge on any atom is -0.388 e. The van der Waals surface area contributed by atoms with Crippen molar-refractivity contribution >= 4 is 15.9 Å². The maximum atomic E-state index is 12.2. The van der Waals surface area contributed by atoms with Crippen molar-refractivity contribution < 1.29 is 13.2 Å². The van der Waals surface area contributed by atoms with Crippen molar-refractivity contribution in [3.8, 4) is 0 Å². The van der Waals surface area contributed by atoms with E-state index in [2.05, 4.69) is 0 Å². The minimum atomic E-state index is -3.35. The molecule has 0 aromatic rings. The van der Waals surface area contributed by atoms with Gasteiger partial charge in [-0.1, -0.05) is 13.8 Å². The fourth-order valence-electron chi connectivity index (χ4n) is 1.51. The Hall–Kier alpha value is -0.660. The first-order valence-electron chi connectivity index (χ1n) is 6.57. The summed E-state index contributed by atoms with van der Waals surface area (Å²) in [6.07, 6.45) is 0.280. The smallest absolute Gasteiger partial charge is 0.216 e. The normalized spacial score (nSPS) is 12.6. The molecule has 3 N–H and O–H groups in total. The predicted molar refractivity (Wildman–Crippen MR) is 77.8 cm³/mol. The van der Waals surface area contributed by atoms with Crippen LogP contribution in [0.15, 0.2) is 0 Å². The van der Waals surface area contributed by atoms with Crippen LogP contribution in [0.3, 0.4) is 0 Å². The summed E-state index contributed by atoms with van der Waals surface area (Å²) < 4.78 is 31.1. The van der Waals surface area contributed by atoms with Crippen LogP contribution in [-0.2, 0) is 14.8 Å². The Balaban J connectivity index is 4.56. The van der Waals surface area contributed by atoms with Gasteiger partial charge >= 0.3 is 0 Å². The van der Waals surface area contributed by atoms with Crippen LogP contribution in [0.4, 0.5) is 0 Å². The summed E-state index contributed by atoms with van der Waals surface area (Å²) in [6.45, 7) is 8.55. The number of nitrogens with one attached hydrogen (secondary N) is 1. The molecule has 0 aromatic heterocycles. The molecule has 0 amide bonds. The lowest BCUT2D eigenvalue weighted by atomic mass is 10.2. The lowest BCUT2D eigenvalue weighted by Gasteiger charge is -2.24. The number of ether oxygens (including phenoxy) is 1. The third kappa shape index (κ3) is 8.96. The van der Waals surface area contributed by atoms with Crippen LogP contribution >= 0.6 is 0 Å². The summed E-state index contributed by atoms with van der Waals surface area (Å²) in [5.41, 5.74) is 5.29. The maximum absolute atomic E-state index is 12.2. The van der Waals surface area contributed by atoms with Crippen LogP contribution in [0.1, 0.15) is 34.1 Å². The summed E-state index contributed by atoms with van der Waals surface area (Å²) in [5, 5.41) is 7.20. The highest BCUT2D eigenvalue weighted by Crippen LogP contribution is 2.08. The molecule has 19 heavy (non-hydrogen) atoms. The van der Waals surface area contributed by atoms with Crippen LogP contribution < -0.4 is 5.73 Å². The van der Waals surface area contributed by atoms with Crippen LogP contribution in [0.25, 0.3) is 0 Å². The summed E-state index contributed by atoms with van der Waals surface area (Å²) in [5.74, 6) is 0.200. The second-order valence-electron chi connectivity index (χ2n) is 5.26. The number of nitrogens with zero attached hydrogens (tertiary/aromatic N) is 1. The third-order valence-corrected chi connectivity index (χ3v) is 4.19. The summed E-state index contributed by atoms with van der Waals surface area (Å²) in [6, 6.07) is 0. The van der Waals surface area contributed by atoms with Crippen molar-refractivity contribution in [2.24, 2.45) is 11.7 Å². The van der Waals surface area contributed by atoms with E-state index in [1.54, 1.807) is 0 Å². The molecule has 114 valence electrons. The highest BCUT2D eigenvalue weighted by molar-refractivity contribution is 7.89. The number of amidine groups is 1. The molecular weight excluding hydrogens is 266 g/mol. The second-order valence-corrected chi connectivity index (χ2v) is 7.35. The Morgan fingerprint density at radius 3 is 2.32 bits per heavy atom. The molecule has 0 bridgehead atoms. The molecule has 7 heteroatoms. The molecule has 6 nitrogen and oxygen atoms in total. The van der Waals surface area contributed by atoms with Gasteiger partial charge < -0.3 is 10.5 Å². The van der Waals surface area contributed by atoms with Gasteiger partial charge in [0, 0.05) is 19.5 Å². The summed E-state index contributed by atoms with van der Waals surface area (Å²) in [4.78, 5) is 0. The van der Waals surface area contributed by atoms with Gasteiger partial charge in [-0.05, 0) is 19.8 Å². The van der Waals surface area contributed by atoms with Crippen LogP contribution in [-0.4, -0.2) is 50.1 Å². The van der Waals surface area contributed by atoms with E-state index in [0.29, 0.717) is 6.54 Å². The molecule has 0 saturated carbocycles. The van der Waals surface area contributed by atoms with Crippen molar-refractivity contribution in [3.63, 3.8) is 0 Å². The number of hydrogen-bond donors (Lipinski definition) is 2. The van der Waals surface area contributed by atoms with Gasteiger partial charge in [-0.2, -0.15) is 0 Å². The highest BCUT2D eigenvalue weighted by Gasteiger charge is 2.22. The zero-order chi connectivity index (χ0) is 15.1. The van der Waals surface area contributed by atoms with Crippen molar-refractivity contribution in [1.82, 2.24) is 4.31 Å². The average molecular weight is 293 g/mol. The average Bonchev–Trinajstić information content (AvgIpc) is 2.22. The fourth-order valence-corrected chi connectivity index (χ4v) is 2.97. The Bertz CT molecular complexity index is 366. The monoisotopic (exact) mass is 293 g/mol. The minimum absolute atomic E-state index is 0.00221. The molecule has 0 spiro atoms. The van der Waals surface area contributed by atoms with Crippen LogP contribution in [0.2, 0.25) is 0 Å². The molecule has 0 fully saturated rings. The molecule has 0 rings (SSSR count). The molecule has 0 heterocycles. The predicted octanol–water partition coefficient (Wildman–Crippen LogP) is 1.03. The number of nitrogens with two attached hydrogens (primary N) is 1. The molecule has 0 unspecified atom stereocenters. The topological polar surface area (TPSA) is 96.5 Å². The second kappa shape index (κ2) is 8.50. The fraction of sp³-hybridized carbons (Fsp3) is 0.917. The standard InChI is InChI=1S/C12H27N3O3S/c1-10(2)9-15(6-5-12(13)14)19(16,17)8-7-18-11(3)4/h10-11H,5-9H2,1-4H3,(H3,13,14). The Morgan fingerprint density at radius 1 is 1.32 bits per heavy atom. The van der Waals surface area contributed by atoms with Crippen LogP contribution in [0.5, 0.6) is 0 Å². The van der Waals surface area contributed by atoms with Gasteiger partial charge in [0.2, 0.25) is 10.0 Å². The molecule has 0 aromatic carbocycles. The largest absolute Gasteiger partial charge is 0.388 e. The summed E-state index contributed by atoms with van der Waals surface area (Å²) >= 11 is 0. The van der Waals surface area contributed by atoms with Gasteiger partial charge in [0.05, 0.1) is 24.3 Å². The van der Waals surface area contributed by atoms with Gasteiger partial charge in [0.1, 0.15) is 0 Å². The van der Waals surface area contributed by atoms with Crippen molar-refractivity contribution in [2.75, 3.05) is 25.4 Å². The zero-order valence-electron chi connectivity index (χ0n) is 12.3. The van der Waals surface area contributed by atoms with Gasteiger partial charge in [-0.15, -0.1) is 0 Å².